The van der Waals surface area contributed by atoms with Crippen LogP contribution in [0, 0.1) is 6.92 Å². The summed E-state index contributed by atoms with van der Waals surface area (Å²) in [4.78, 5) is 4.11. The summed E-state index contributed by atoms with van der Waals surface area (Å²) in [7, 11) is 0. The molecule has 4 nitrogen and oxygen atoms in total. The van der Waals surface area contributed by atoms with Gasteiger partial charge < -0.3 is 5.11 Å². The highest BCUT2D eigenvalue weighted by Gasteiger charge is 2.03. The highest BCUT2D eigenvalue weighted by atomic mass is 16.3. The first-order chi connectivity index (χ1) is 6.79. The Morgan fingerprint density at radius 1 is 1.29 bits per heavy atom. The van der Waals surface area contributed by atoms with Gasteiger partial charge in [-0.15, -0.1) is 0 Å². The second-order valence-electron chi connectivity index (χ2n) is 3.13. The van der Waals surface area contributed by atoms with Crippen LogP contribution in [0.5, 0.6) is 0 Å². The maximum Gasteiger partial charge on any atom is 0.181 e. The van der Waals surface area contributed by atoms with Gasteiger partial charge in [0.05, 0.1) is 0 Å². The molecule has 0 aliphatic heterocycles. The van der Waals surface area contributed by atoms with Crippen LogP contribution in [-0.4, -0.2) is 20.3 Å². The Hall–Kier alpha value is -1.68. The van der Waals surface area contributed by atoms with Crippen LogP contribution in [0.25, 0.3) is 11.4 Å². The summed E-state index contributed by atoms with van der Waals surface area (Å²) < 4.78 is 0. The third-order valence-corrected chi connectivity index (χ3v) is 1.99. The van der Waals surface area contributed by atoms with Gasteiger partial charge in [0.25, 0.3) is 0 Å². The molecule has 0 aliphatic rings. The summed E-state index contributed by atoms with van der Waals surface area (Å²) in [6, 6.07) is 7.92. The van der Waals surface area contributed by atoms with E-state index in [-0.39, 0.29) is 6.61 Å². The number of nitrogens with zero attached hydrogens (tertiary/aromatic N) is 2. The Morgan fingerprint density at radius 2 is 2.00 bits per heavy atom. The first-order valence-corrected chi connectivity index (χ1v) is 4.39. The molecule has 2 N–H and O–H groups in total. The number of aliphatic hydroxyl groups is 1. The molecule has 14 heavy (non-hydrogen) atoms. The highest BCUT2D eigenvalue weighted by molar-refractivity contribution is 5.54. The lowest BCUT2D eigenvalue weighted by molar-refractivity contribution is 0.272. The third-order valence-electron chi connectivity index (χ3n) is 1.99. The summed E-state index contributed by atoms with van der Waals surface area (Å²) in [6.45, 7) is 1.92. The minimum atomic E-state index is -0.112. The van der Waals surface area contributed by atoms with Crippen molar-refractivity contribution in [2.75, 3.05) is 0 Å². The van der Waals surface area contributed by atoms with Gasteiger partial charge >= 0.3 is 0 Å². The first-order valence-electron chi connectivity index (χ1n) is 4.39. The lowest BCUT2D eigenvalue weighted by Gasteiger charge is -1.94. The van der Waals surface area contributed by atoms with Crippen LogP contribution in [0.4, 0.5) is 0 Å². The number of nitrogens with one attached hydrogen (secondary N) is 1. The molecule has 0 bridgehead atoms. The number of aryl methyl sites for hydroxylation is 1. The zero-order valence-electron chi connectivity index (χ0n) is 7.86. The first kappa shape index (κ1) is 8.90. The van der Waals surface area contributed by atoms with E-state index in [0.717, 1.165) is 5.56 Å². The molecule has 0 amide bonds. The van der Waals surface area contributed by atoms with Crippen LogP contribution < -0.4 is 0 Å². The van der Waals surface area contributed by atoms with Crippen molar-refractivity contribution in [1.82, 2.24) is 15.2 Å². The highest BCUT2D eigenvalue weighted by Crippen LogP contribution is 2.14. The van der Waals surface area contributed by atoms with E-state index in [1.165, 1.54) is 5.56 Å². The van der Waals surface area contributed by atoms with Crippen LogP contribution >= 0.6 is 0 Å². The fourth-order valence-electron chi connectivity index (χ4n) is 1.20. The van der Waals surface area contributed by atoms with Crippen LogP contribution in [0.3, 0.4) is 0 Å². The van der Waals surface area contributed by atoms with Gasteiger partial charge in [0, 0.05) is 5.56 Å². The third kappa shape index (κ3) is 1.65. The normalized spacial score (nSPS) is 10.4. The number of H-pyrrole nitrogens is 1. The second kappa shape index (κ2) is 3.59. The summed E-state index contributed by atoms with van der Waals surface area (Å²) in [5, 5.41) is 15.5. The van der Waals surface area contributed by atoms with Gasteiger partial charge in [-0.25, -0.2) is 4.98 Å². The molecule has 2 aromatic rings. The van der Waals surface area contributed by atoms with Crippen molar-refractivity contribution >= 4 is 0 Å². The van der Waals surface area contributed by atoms with Crippen LogP contribution in [-0.2, 0) is 6.61 Å². The van der Waals surface area contributed by atoms with Crippen molar-refractivity contribution in [3.63, 3.8) is 0 Å². The SMILES string of the molecule is Cc1ccc(-c2n[nH]c(CO)n2)cc1. The molecule has 2 rings (SSSR count). The van der Waals surface area contributed by atoms with Gasteiger partial charge in [-0.05, 0) is 6.92 Å². The molecule has 0 spiro atoms. The minimum absolute atomic E-state index is 0.112. The number of benzene rings is 1. The molecule has 72 valence electrons. The number of hydrogen-bond acceptors (Lipinski definition) is 3. The fraction of sp³-hybridized carbons (Fsp3) is 0.200. The van der Waals surface area contributed by atoms with Crippen LogP contribution in [0.1, 0.15) is 11.4 Å². The van der Waals surface area contributed by atoms with Crippen molar-refractivity contribution < 1.29 is 5.11 Å². The number of aliphatic hydroxyl groups excluding tert-OH is 1. The quantitative estimate of drug-likeness (QED) is 0.747. The molecule has 1 aromatic carbocycles. The predicted molar refractivity (Wildman–Crippen MR) is 52.5 cm³/mol. The summed E-state index contributed by atoms with van der Waals surface area (Å²) in [5.41, 5.74) is 2.15. The number of aromatic amines is 1. The standard InChI is InChI=1S/C10H11N3O/c1-7-2-4-8(5-3-7)10-11-9(6-14)12-13-10/h2-5,14H,6H2,1H3,(H,11,12,13). The summed E-state index contributed by atoms with van der Waals surface area (Å²) in [6.07, 6.45) is 0. The Bertz CT molecular complexity index is 419. The van der Waals surface area contributed by atoms with Crippen molar-refractivity contribution in [3.8, 4) is 11.4 Å². The molecule has 1 aromatic heterocycles. The smallest absolute Gasteiger partial charge is 0.181 e. The fourth-order valence-corrected chi connectivity index (χ4v) is 1.20. The van der Waals surface area contributed by atoms with Gasteiger partial charge in [0.15, 0.2) is 11.6 Å². The summed E-state index contributed by atoms with van der Waals surface area (Å²) in [5.74, 6) is 1.11. The van der Waals surface area contributed by atoms with E-state index < -0.39 is 0 Å². The average Bonchev–Trinajstić information content (AvgIpc) is 2.67. The minimum Gasteiger partial charge on any atom is -0.388 e. The molecular weight excluding hydrogens is 178 g/mol. The van der Waals surface area contributed by atoms with Crippen LogP contribution in [0.15, 0.2) is 24.3 Å². The van der Waals surface area contributed by atoms with Crippen LogP contribution in [0.2, 0.25) is 0 Å². The molecule has 0 saturated heterocycles. The Morgan fingerprint density at radius 3 is 2.57 bits per heavy atom. The molecule has 0 fully saturated rings. The predicted octanol–water partition coefficient (Wildman–Crippen LogP) is 1.27. The van der Waals surface area contributed by atoms with E-state index in [9.17, 15) is 0 Å². The van der Waals surface area contributed by atoms with Gasteiger partial charge in [0.1, 0.15) is 6.61 Å². The molecule has 0 unspecified atom stereocenters. The zero-order chi connectivity index (χ0) is 9.97. The Kier molecular flexibility index (Phi) is 2.28. The molecule has 0 radical (unpaired) electrons. The number of rotatable bonds is 2. The Labute approximate surface area is 81.6 Å². The van der Waals surface area contributed by atoms with Gasteiger partial charge in [-0.2, -0.15) is 5.10 Å². The van der Waals surface area contributed by atoms with Gasteiger partial charge in [-0.1, -0.05) is 29.8 Å². The van der Waals surface area contributed by atoms with E-state index in [2.05, 4.69) is 15.2 Å². The van der Waals surface area contributed by atoms with E-state index >= 15 is 0 Å². The molecular formula is C10H11N3O. The van der Waals surface area contributed by atoms with Gasteiger partial charge in [0.2, 0.25) is 0 Å². The largest absolute Gasteiger partial charge is 0.388 e. The van der Waals surface area contributed by atoms with Crippen molar-refractivity contribution in [2.45, 2.75) is 13.5 Å². The van der Waals surface area contributed by atoms with Crippen molar-refractivity contribution in [2.24, 2.45) is 0 Å². The second-order valence-corrected chi connectivity index (χ2v) is 3.13. The molecule has 0 saturated carbocycles. The molecule has 4 heteroatoms. The van der Waals surface area contributed by atoms with Crippen molar-refractivity contribution in [3.05, 3.63) is 35.7 Å². The van der Waals surface area contributed by atoms with E-state index in [4.69, 9.17) is 5.11 Å². The Balaban J connectivity index is 2.34. The lowest BCUT2D eigenvalue weighted by Crippen LogP contribution is -1.84. The molecule has 0 atom stereocenters. The van der Waals surface area contributed by atoms with Crippen molar-refractivity contribution in [1.29, 1.82) is 0 Å². The lowest BCUT2D eigenvalue weighted by atomic mass is 10.1. The van der Waals surface area contributed by atoms with E-state index in [1.807, 2.05) is 31.2 Å². The maximum absolute atomic E-state index is 8.81. The zero-order valence-corrected chi connectivity index (χ0v) is 7.86. The van der Waals surface area contributed by atoms with Gasteiger partial charge in [-0.3, -0.25) is 5.10 Å². The topological polar surface area (TPSA) is 61.8 Å². The number of hydrogen-bond donors (Lipinski definition) is 2. The summed E-state index contributed by atoms with van der Waals surface area (Å²) >= 11 is 0. The monoisotopic (exact) mass is 189 g/mol. The van der Waals surface area contributed by atoms with E-state index in [0.29, 0.717) is 11.6 Å². The molecule has 1 heterocycles. The molecule has 0 aliphatic carbocycles. The number of aromatic nitrogens is 3. The van der Waals surface area contributed by atoms with E-state index in [1.54, 1.807) is 0 Å². The average molecular weight is 189 g/mol. The maximum atomic E-state index is 8.81.